The Labute approximate surface area is 244 Å². The van der Waals surface area contributed by atoms with Crippen LogP contribution < -0.4 is 9.64 Å². The number of aromatic nitrogens is 1. The number of ether oxygens (including phenoxy) is 1. The van der Waals surface area contributed by atoms with Crippen molar-refractivity contribution < 1.29 is 41.0 Å². The van der Waals surface area contributed by atoms with Crippen molar-refractivity contribution in [3.8, 4) is 17.0 Å². The van der Waals surface area contributed by atoms with Crippen LogP contribution in [-0.2, 0) is 30.2 Å². The van der Waals surface area contributed by atoms with Crippen LogP contribution in [0.15, 0.2) is 84.9 Å². The van der Waals surface area contributed by atoms with E-state index in [1.54, 1.807) is 37.3 Å². The Kier molecular flexibility index (Phi) is 8.75. The van der Waals surface area contributed by atoms with Crippen LogP contribution in [-0.4, -0.2) is 21.7 Å². The molecule has 0 radical (unpaired) electrons. The molecule has 0 saturated heterocycles. The number of carboxylic acid groups (broad SMARTS) is 1. The van der Waals surface area contributed by atoms with Crippen LogP contribution in [0.2, 0.25) is 0 Å². The summed E-state index contributed by atoms with van der Waals surface area (Å²) in [6.07, 6.45) is -8.96. The maximum atomic E-state index is 13.1. The lowest BCUT2D eigenvalue weighted by molar-refractivity contribution is -0.152. The van der Waals surface area contributed by atoms with Crippen molar-refractivity contribution in [3.05, 3.63) is 113 Å². The Morgan fingerprint density at radius 1 is 0.791 bits per heavy atom. The summed E-state index contributed by atoms with van der Waals surface area (Å²) in [5.41, 5.74) is -0.105. The van der Waals surface area contributed by atoms with E-state index in [-0.39, 0.29) is 13.1 Å². The van der Waals surface area contributed by atoms with Crippen LogP contribution in [0.1, 0.15) is 41.7 Å². The first-order valence-corrected chi connectivity index (χ1v) is 13.1. The van der Waals surface area contributed by atoms with E-state index in [0.29, 0.717) is 34.0 Å². The Hall–Kier alpha value is -4.54. The summed E-state index contributed by atoms with van der Waals surface area (Å²) < 4.78 is 84.2. The predicted octanol–water partition coefficient (Wildman–Crippen LogP) is 8.54. The van der Waals surface area contributed by atoms with Gasteiger partial charge in [0.1, 0.15) is 11.6 Å². The summed E-state index contributed by atoms with van der Waals surface area (Å²) >= 11 is 0. The number of benzene rings is 3. The zero-order valence-electron chi connectivity index (χ0n) is 23.4. The van der Waals surface area contributed by atoms with Gasteiger partial charge in [0, 0.05) is 18.7 Å². The lowest BCUT2D eigenvalue weighted by Crippen LogP contribution is -2.38. The van der Waals surface area contributed by atoms with Crippen LogP contribution >= 0.6 is 0 Å². The number of aliphatic carboxylic acids is 1. The second-order valence-electron chi connectivity index (χ2n) is 10.5. The zero-order chi connectivity index (χ0) is 31.6. The number of carboxylic acids is 1. The summed E-state index contributed by atoms with van der Waals surface area (Å²) in [6.45, 7) is 5.06. The first-order chi connectivity index (χ1) is 20.0. The highest BCUT2D eigenvalue weighted by atomic mass is 19.4. The Morgan fingerprint density at radius 2 is 1.33 bits per heavy atom. The van der Waals surface area contributed by atoms with E-state index in [4.69, 9.17) is 4.74 Å². The molecule has 43 heavy (non-hydrogen) atoms. The first-order valence-electron chi connectivity index (χ1n) is 13.1. The highest BCUT2D eigenvalue weighted by Crippen LogP contribution is 2.33. The van der Waals surface area contributed by atoms with Crippen molar-refractivity contribution in [1.82, 2.24) is 4.98 Å². The van der Waals surface area contributed by atoms with Gasteiger partial charge in [-0.25, -0.2) is 9.78 Å². The molecular formula is C32H28F6N2O3. The van der Waals surface area contributed by atoms with E-state index in [1.165, 1.54) is 38.1 Å². The molecule has 0 amide bonds. The molecule has 0 unspecified atom stereocenters. The fourth-order valence-electron chi connectivity index (χ4n) is 4.29. The van der Waals surface area contributed by atoms with Gasteiger partial charge in [-0.15, -0.1) is 0 Å². The van der Waals surface area contributed by atoms with Crippen molar-refractivity contribution in [1.29, 1.82) is 0 Å². The van der Waals surface area contributed by atoms with Gasteiger partial charge in [0.05, 0.1) is 16.8 Å². The van der Waals surface area contributed by atoms with Crippen molar-refractivity contribution >= 4 is 11.8 Å². The number of hydrogen-bond donors (Lipinski definition) is 1. The molecule has 0 atom stereocenters. The number of alkyl halides is 6. The van der Waals surface area contributed by atoms with Gasteiger partial charge in [-0.2, -0.15) is 26.3 Å². The molecule has 1 N–H and O–H groups in total. The van der Waals surface area contributed by atoms with Crippen LogP contribution in [0.5, 0.6) is 5.75 Å². The van der Waals surface area contributed by atoms with Gasteiger partial charge in [0.25, 0.3) is 0 Å². The molecule has 0 aliphatic heterocycles. The maximum absolute atomic E-state index is 13.1. The predicted molar refractivity (Wildman–Crippen MR) is 150 cm³/mol. The van der Waals surface area contributed by atoms with Crippen molar-refractivity contribution in [3.63, 3.8) is 0 Å². The summed E-state index contributed by atoms with van der Waals surface area (Å²) in [4.78, 5) is 18.0. The van der Waals surface area contributed by atoms with Gasteiger partial charge in [0.2, 0.25) is 0 Å². The van der Waals surface area contributed by atoms with Crippen LogP contribution in [0.4, 0.5) is 32.2 Å². The third-order valence-corrected chi connectivity index (χ3v) is 6.71. The quantitative estimate of drug-likeness (QED) is 0.195. The molecule has 5 nitrogen and oxygen atoms in total. The third kappa shape index (κ3) is 7.85. The molecule has 0 spiro atoms. The number of hydrogen-bond acceptors (Lipinski definition) is 4. The molecular weight excluding hydrogens is 574 g/mol. The van der Waals surface area contributed by atoms with E-state index in [2.05, 4.69) is 4.98 Å². The molecule has 1 heterocycles. The second kappa shape index (κ2) is 12.0. The number of halogens is 6. The Morgan fingerprint density at radius 3 is 1.86 bits per heavy atom. The average molecular weight is 603 g/mol. The fourth-order valence-corrected chi connectivity index (χ4v) is 4.29. The average Bonchev–Trinajstić information content (AvgIpc) is 2.93. The van der Waals surface area contributed by atoms with Crippen molar-refractivity contribution in [2.24, 2.45) is 0 Å². The van der Waals surface area contributed by atoms with E-state index in [1.807, 2.05) is 11.0 Å². The smallest absolute Gasteiger partial charge is 0.416 e. The Bertz CT molecular complexity index is 1580. The minimum atomic E-state index is -4.48. The summed E-state index contributed by atoms with van der Waals surface area (Å²) in [5.74, 6) is -0.298. The van der Waals surface area contributed by atoms with Crippen molar-refractivity contribution in [2.75, 3.05) is 4.90 Å². The molecule has 1 aromatic heterocycles. The molecule has 226 valence electrons. The number of rotatable bonds is 9. The third-order valence-electron chi connectivity index (χ3n) is 6.71. The molecule has 0 aliphatic carbocycles. The molecule has 11 heteroatoms. The zero-order valence-corrected chi connectivity index (χ0v) is 23.4. The summed E-state index contributed by atoms with van der Waals surface area (Å²) in [7, 11) is 0. The molecule has 4 rings (SSSR count). The number of pyridine rings is 1. The van der Waals surface area contributed by atoms with Crippen LogP contribution in [0.25, 0.3) is 11.3 Å². The molecule has 3 aromatic carbocycles. The normalized spacial score (nSPS) is 12.2. The topological polar surface area (TPSA) is 62.7 Å². The molecule has 0 bridgehead atoms. The van der Waals surface area contributed by atoms with Gasteiger partial charge in [-0.3, -0.25) is 0 Å². The summed E-state index contributed by atoms with van der Waals surface area (Å²) in [5, 5.41) is 9.40. The monoisotopic (exact) mass is 602 g/mol. The van der Waals surface area contributed by atoms with E-state index in [0.717, 1.165) is 29.8 Å². The van der Waals surface area contributed by atoms with Gasteiger partial charge in [-0.05, 0) is 79.9 Å². The van der Waals surface area contributed by atoms with Gasteiger partial charge in [-0.1, -0.05) is 42.5 Å². The van der Waals surface area contributed by atoms with Crippen LogP contribution in [0.3, 0.4) is 0 Å². The lowest BCUT2D eigenvalue weighted by atomic mass is 10.1. The van der Waals surface area contributed by atoms with E-state index in [9.17, 15) is 36.2 Å². The number of nitrogens with zero attached hydrogens (tertiary/aromatic N) is 2. The maximum Gasteiger partial charge on any atom is 0.416 e. The largest absolute Gasteiger partial charge is 0.478 e. The van der Waals surface area contributed by atoms with Crippen LogP contribution in [0, 0.1) is 6.92 Å². The first kappa shape index (κ1) is 31.4. The molecule has 0 aliphatic rings. The van der Waals surface area contributed by atoms with E-state index >= 15 is 0 Å². The number of anilines is 1. The van der Waals surface area contributed by atoms with Gasteiger partial charge < -0.3 is 14.7 Å². The SMILES string of the molecule is Cc1cc(CN(Cc2ccc(C(F)(F)F)cc2)c2cccc(-c3ccc(C(F)(F)F)cc3)n2)ccc1OC(C)(C)C(=O)O. The highest BCUT2D eigenvalue weighted by molar-refractivity contribution is 5.76. The summed E-state index contributed by atoms with van der Waals surface area (Å²) in [6, 6.07) is 19.6. The molecule has 0 fully saturated rings. The second-order valence-corrected chi connectivity index (χ2v) is 10.5. The lowest BCUT2D eigenvalue weighted by Gasteiger charge is -2.26. The minimum Gasteiger partial charge on any atom is -0.478 e. The molecule has 0 saturated carbocycles. The minimum absolute atomic E-state index is 0.172. The van der Waals surface area contributed by atoms with Gasteiger partial charge >= 0.3 is 18.3 Å². The fraction of sp³-hybridized carbons (Fsp3) is 0.250. The van der Waals surface area contributed by atoms with Gasteiger partial charge in [0.15, 0.2) is 5.60 Å². The van der Waals surface area contributed by atoms with Crippen molar-refractivity contribution in [2.45, 2.75) is 51.8 Å². The van der Waals surface area contributed by atoms with E-state index < -0.39 is 35.0 Å². The molecule has 4 aromatic rings. The standard InChI is InChI=1S/C32H28F6N2O3/c1-20-17-22(9-16-27(20)43-30(2,3)29(41)42)19-40(18-21-7-12-24(13-8-21)31(33,34)35)28-6-4-5-26(39-28)23-10-14-25(15-11-23)32(36,37)38/h4-17H,18-19H2,1-3H3,(H,41,42). The Balaban J connectivity index is 1.67. The highest BCUT2D eigenvalue weighted by Gasteiger charge is 2.31. The number of carbonyl (C=O) groups is 1. The number of aryl methyl sites for hydroxylation is 1.